The first-order valence-corrected chi connectivity index (χ1v) is 10.3. The number of carbonyl (C=O) groups is 3. The highest BCUT2D eigenvalue weighted by atomic mass is 79.9. The second-order valence-corrected chi connectivity index (χ2v) is 8.53. The molecule has 3 amide bonds. The predicted molar refractivity (Wildman–Crippen MR) is 114 cm³/mol. The van der Waals surface area contributed by atoms with E-state index < -0.39 is 42.2 Å². The molecule has 0 saturated heterocycles. The number of nitrogens with two attached hydrogens (primary N) is 1. The van der Waals surface area contributed by atoms with Gasteiger partial charge in [0, 0.05) is 6.42 Å². The molecule has 1 heterocycles. The SMILES string of the molecule is CC(C)(C)OC(=O)N(C(=O)CN)[C@@H](Cc1ccccc1)C(=O)NCC1C=C(Br)NO1. The second kappa shape index (κ2) is 10.6. The number of amides is 3. The van der Waals surface area contributed by atoms with Crippen molar-refractivity contribution in [2.24, 2.45) is 5.73 Å². The van der Waals surface area contributed by atoms with E-state index in [0.29, 0.717) is 4.61 Å². The van der Waals surface area contributed by atoms with E-state index in [1.165, 1.54) is 0 Å². The first kappa shape index (κ1) is 23.8. The van der Waals surface area contributed by atoms with Crippen LogP contribution in [0.4, 0.5) is 4.79 Å². The molecule has 10 heteroatoms. The van der Waals surface area contributed by atoms with Crippen LogP contribution in [-0.2, 0) is 25.6 Å². The van der Waals surface area contributed by atoms with Crippen molar-refractivity contribution in [2.75, 3.05) is 13.1 Å². The summed E-state index contributed by atoms with van der Waals surface area (Å²) < 4.78 is 6.01. The fourth-order valence-corrected chi connectivity index (χ4v) is 3.12. The Balaban J connectivity index is 2.26. The number of hydrogen-bond acceptors (Lipinski definition) is 7. The quantitative estimate of drug-likeness (QED) is 0.504. The summed E-state index contributed by atoms with van der Waals surface area (Å²) in [6.45, 7) is 4.74. The molecule has 1 aromatic carbocycles. The minimum Gasteiger partial charge on any atom is -0.443 e. The monoisotopic (exact) mass is 482 g/mol. The van der Waals surface area contributed by atoms with Gasteiger partial charge in [-0.15, -0.1) is 0 Å². The first-order valence-electron chi connectivity index (χ1n) is 9.46. The van der Waals surface area contributed by atoms with Crippen LogP contribution >= 0.6 is 15.9 Å². The van der Waals surface area contributed by atoms with Crippen molar-refractivity contribution in [3.05, 3.63) is 46.6 Å². The van der Waals surface area contributed by atoms with E-state index in [9.17, 15) is 14.4 Å². The van der Waals surface area contributed by atoms with Crippen LogP contribution in [0.15, 0.2) is 41.0 Å². The smallest absolute Gasteiger partial charge is 0.417 e. The van der Waals surface area contributed by atoms with E-state index in [1.54, 1.807) is 26.8 Å². The molecule has 2 atom stereocenters. The number of carbonyl (C=O) groups excluding carboxylic acids is 3. The Morgan fingerprint density at radius 3 is 2.50 bits per heavy atom. The van der Waals surface area contributed by atoms with Crippen molar-refractivity contribution in [3.8, 4) is 0 Å². The Morgan fingerprint density at radius 1 is 1.30 bits per heavy atom. The third-order valence-electron chi connectivity index (χ3n) is 4.04. The largest absolute Gasteiger partial charge is 0.443 e. The number of halogens is 1. The van der Waals surface area contributed by atoms with Crippen LogP contribution in [0.5, 0.6) is 0 Å². The van der Waals surface area contributed by atoms with Crippen LogP contribution in [0.25, 0.3) is 0 Å². The third-order valence-corrected chi connectivity index (χ3v) is 4.46. The van der Waals surface area contributed by atoms with E-state index in [-0.39, 0.29) is 13.0 Å². The lowest BCUT2D eigenvalue weighted by atomic mass is 10.0. The van der Waals surface area contributed by atoms with Gasteiger partial charge in [-0.2, -0.15) is 0 Å². The van der Waals surface area contributed by atoms with Gasteiger partial charge < -0.3 is 15.8 Å². The van der Waals surface area contributed by atoms with Gasteiger partial charge in [-0.05, 0) is 48.3 Å². The third kappa shape index (κ3) is 7.12. The molecule has 164 valence electrons. The van der Waals surface area contributed by atoms with Crippen molar-refractivity contribution < 1.29 is 24.0 Å². The average molecular weight is 483 g/mol. The molecule has 0 spiro atoms. The zero-order chi connectivity index (χ0) is 22.3. The highest BCUT2D eigenvalue weighted by Gasteiger charge is 2.37. The molecule has 30 heavy (non-hydrogen) atoms. The molecule has 1 unspecified atom stereocenters. The van der Waals surface area contributed by atoms with Crippen molar-refractivity contribution in [1.82, 2.24) is 15.7 Å². The Hall–Kier alpha value is -2.43. The van der Waals surface area contributed by atoms with Crippen molar-refractivity contribution in [3.63, 3.8) is 0 Å². The maximum absolute atomic E-state index is 13.1. The molecular formula is C20H27BrN4O5. The normalized spacial score (nSPS) is 16.8. The van der Waals surface area contributed by atoms with Gasteiger partial charge in [0.25, 0.3) is 0 Å². The predicted octanol–water partition coefficient (Wildman–Crippen LogP) is 1.58. The van der Waals surface area contributed by atoms with Crippen LogP contribution in [0.1, 0.15) is 26.3 Å². The highest BCUT2D eigenvalue weighted by molar-refractivity contribution is 9.11. The van der Waals surface area contributed by atoms with E-state index in [2.05, 4.69) is 26.7 Å². The molecule has 1 aliphatic rings. The van der Waals surface area contributed by atoms with Crippen molar-refractivity contribution in [1.29, 1.82) is 0 Å². The van der Waals surface area contributed by atoms with Gasteiger partial charge in [0.05, 0.1) is 13.1 Å². The van der Waals surface area contributed by atoms with E-state index >= 15 is 0 Å². The summed E-state index contributed by atoms with van der Waals surface area (Å²) in [5.41, 5.74) is 8.08. The molecule has 0 saturated carbocycles. The van der Waals surface area contributed by atoms with Gasteiger partial charge in [-0.25, -0.2) is 9.69 Å². The maximum Gasteiger partial charge on any atom is 0.417 e. The molecule has 0 aromatic heterocycles. The number of nitrogens with one attached hydrogen (secondary N) is 2. The summed E-state index contributed by atoms with van der Waals surface area (Å²) in [5, 5.41) is 2.73. The number of hydroxylamine groups is 1. The minimum absolute atomic E-state index is 0.112. The van der Waals surface area contributed by atoms with Gasteiger partial charge in [-0.3, -0.25) is 19.9 Å². The summed E-state index contributed by atoms with van der Waals surface area (Å²) >= 11 is 3.24. The molecule has 2 rings (SSSR count). The van der Waals surface area contributed by atoms with E-state index in [4.69, 9.17) is 15.3 Å². The van der Waals surface area contributed by atoms with Crippen LogP contribution in [0.2, 0.25) is 0 Å². The van der Waals surface area contributed by atoms with E-state index in [0.717, 1.165) is 10.5 Å². The molecular weight excluding hydrogens is 456 g/mol. The lowest BCUT2D eigenvalue weighted by molar-refractivity contribution is -0.138. The van der Waals surface area contributed by atoms with Gasteiger partial charge in [-0.1, -0.05) is 30.3 Å². The van der Waals surface area contributed by atoms with Crippen LogP contribution in [-0.4, -0.2) is 53.6 Å². The molecule has 0 bridgehead atoms. The van der Waals surface area contributed by atoms with Crippen LogP contribution in [0.3, 0.4) is 0 Å². The zero-order valence-corrected chi connectivity index (χ0v) is 18.8. The standard InChI is InChI=1S/C20H27BrN4O5/c1-20(2,3)29-19(28)25(17(26)11-22)15(9-13-7-5-4-6-8-13)18(27)23-12-14-10-16(21)24-30-14/h4-8,10,14-15,24H,9,11-12,22H2,1-3H3,(H,23,27)/t14?,15-/m0/s1. The number of nitrogens with zero attached hydrogens (tertiary/aromatic N) is 1. The molecule has 4 N–H and O–H groups in total. The Kier molecular flexibility index (Phi) is 8.39. The maximum atomic E-state index is 13.1. The number of ether oxygens (including phenoxy) is 1. The van der Waals surface area contributed by atoms with Gasteiger partial charge >= 0.3 is 6.09 Å². The van der Waals surface area contributed by atoms with Gasteiger partial charge in [0.2, 0.25) is 11.8 Å². The number of imide groups is 1. The topological polar surface area (TPSA) is 123 Å². The molecule has 0 aliphatic carbocycles. The molecule has 0 radical (unpaired) electrons. The summed E-state index contributed by atoms with van der Waals surface area (Å²) in [4.78, 5) is 44.5. The average Bonchev–Trinajstić information content (AvgIpc) is 3.10. The first-order chi connectivity index (χ1) is 14.1. The Morgan fingerprint density at radius 2 is 1.97 bits per heavy atom. The van der Waals surface area contributed by atoms with Gasteiger partial charge in [0.1, 0.15) is 22.4 Å². The lowest BCUT2D eigenvalue weighted by Crippen LogP contribution is -2.56. The number of benzene rings is 1. The Labute approximate surface area is 184 Å². The van der Waals surface area contributed by atoms with Gasteiger partial charge in [0.15, 0.2) is 0 Å². The summed E-state index contributed by atoms with van der Waals surface area (Å²) in [5.74, 6) is -1.23. The van der Waals surface area contributed by atoms with Crippen LogP contribution in [0, 0.1) is 0 Å². The Bertz CT molecular complexity index is 794. The van der Waals surface area contributed by atoms with Crippen molar-refractivity contribution >= 4 is 33.8 Å². The lowest BCUT2D eigenvalue weighted by Gasteiger charge is -2.31. The molecule has 0 fully saturated rings. The van der Waals surface area contributed by atoms with Crippen LogP contribution < -0.4 is 16.5 Å². The fourth-order valence-electron chi connectivity index (χ4n) is 2.73. The van der Waals surface area contributed by atoms with Crippen molar-refractivity contribution in [2.45, 2.75) is 44.9 Å². The molecule has 1 aliphatic heterocycles. The second-order valence-electron chi connectivity index (χ2n) is 7.67. The zero-order valence-electron chi connectivity index (χ0n) is 17.2. The minimum atomic E-state index is -1.14. The summed E-state index contributed by atoms with van der Waals surface area (Å²) in [6, 6.07) is 7.94. The molecule has 9 nitrogen and oxygen atoms in total. The molecule has 1 aromatic rings. The fraction of sp³-hybridized carbons (Fsp3) is 0.450. The number of hydrogen-bond donors (Lipinski definition) is 3. The number of rotatable bonds is 7. The summed E-state index contributed by atoms with van der Waals surface area (Å²) in [6.07, 6.45) is 0.528. The highest BCUT2D eigenvalue weighted by Crippen LogP contribution is 2.17. The van der Waals surface area contributed by atoms with E-state index in [1.807, 2.05) is 30.3 Å². The summed E-state index contributed by atoms with van der Waals surface area (Å²) in [7, 11) is 0.